The lowest BCUT2D eigenvalue weighted by atomic mass is 9.99. The van der Waals surface area contributed by atoms with Crippen molar-refractivity contribution >= 4 is 27.3 Å². The van der Waals surface area contributed by atoms with Crippen molar-refractivity contribution in [2.24, 2.45) is 0 Å². The van der Waals surface area contributed by atoms with Crippen molar-refractivity contribution in [3.63, 3.8) is 0 Å². The van der Waals surface area contributed by atoms with Gasteiger partial charge in [-0.2, -0.15) is 0 Å². The molecule has 3 aromatic rings. The van der Waals surface area contributed by atoms with E-state index in [9.17, 15) is 13.2 Å². The third-order valence-electron chi connectivity index (χ3n) is 6.51. The molecule has 1 amide bonds. The summed E-state index contributed by atoms with van der Waals surface area (Å²) in [5, 5.41) is 2.87. The van der Waals surface area contributed by atoms with Crippen LogP contribution < -0.4 is 15.0 Å². The van der Waals surface area contributed by atoms with Gasteiger partial charge in [0, 0.05) is 32.7 Å². The Balaban J connectivity index is 1.67. The lowest BCUT2D eigenvalue weighted by molar-refractivity contribution is 0.102. The molecule has 0 fully saturated rings. The third kappa shape index (κ3) is 3.82. The summed E-state index contributed by atoms with van der Waals surface area (Å²) < 4.78 is 34.5. The molecule has 0 atom stereocenters. The summed E-state index contributed by atoms with van der Waals surface area (Å²) in [6, 6.07) is 16.9. The molecule has 0 aromatic heterocycles. The Morgan fingerprint density at radius 2 is 1.82 bits per heavy atom. The number of fused-ring (bicyclic) bond motifs is 3. The molecule has 7 nitrogen and oxygen atoms in total. The monoisotopic (exact) mass is 477 g/mol. The summed E-state index contributed by atoms with van der Waals surface area (Å²) in [6.45, 7) is 5.27. The number of ether oxygens (including phenoxy) is 1. The second kappa shape index (κ2) is 8.45. The number of carbonyl (C=O) groups excluding carboxylic acids is 1. The number of carbonyl (C=O) groups is 1. The lowest BCUT2D eigenvalue weighted by Gasteiger charge is -2.33. The van der Waals surface area contributed by atoms with Crippen molar-refractivity contribution in [1.82, 2.24) is 4.31 Å². The largest absolute Gasteiger partial charge is 0.454 e. The summed E-state index contributed by atoms with van der Waals surface area (Å²) in [6.07, 6.45) is 0.805. The van der Waals surface area contributed by atoms with Crippen LogP contribution in [0.1, 0.15) is 34.0 Å². The number of hydrogen-bond donors (Lipinski definition) is 1. The first-order chi connectivity index (χ1) is 16.3. The van der Waals surface area contributed by atoms with Gasteiger partial charge in [0.25, 0.3) is 5.91 Å². The van der Waals surface area contributed by atoms with Crippen LogP contribution in [0.2, 0.25) is 0 Å². The molecule has 176 valence electrons. The quantitative estimate of drug-likeness (QED) is 0.596. The number of anilines is 2. The molecule has 34 heavy (non-hydrogen) atoms. The molecule has 5 rings (SSSR count). The summed E-state index contributed by atoms with van der Waals surface area (Å²) in [5.74, 6) is 0.464. The molecule has 0 unspecified atom stereocenters. The van der Waals surface area contributed by atoms with E-state index < -0.39 is 15.9 Å². The number of hydrogen-bond acceptors (Lipinski definition) is 5. The van der Waals surface area contributed by atoms with Gasteiger partial charge in [0.15, 0.2) is 5.75 Å². The van der Waals surface area contributed by atoms with Crippen LogP contribution in [0.25, 0.3) is 0 Å². The van der Waals surface area contributed by atoms with E-state index in [1.54, 1.807) is 20.0 Å². The third-order valence-corrected chi connectivity index (χ3v) is 8.48. The van der Waals surface area contributed by atoms with Crippen molar-refractivity contribution in [3.05, 3.63) is 76.9 Å². The van der Waals surface area contributed by atoms with E-state index in [1.807, 2.05) is 37.3 Å². The van der Waals surface area contributed by atoms with E-state index in [4.69, 9.17) is 4.74 Å². The molecule has 8 heteroatoms. The van der Waals surface area contributed by atoms with E-state index in [0.717, 1.165) is 17.5 Å². The second-order valence-corrected chi connectivity index (χ2v) is 10.7. The Labute approximate surface area is 200 Å². The number of aryl methyl sites for hydroxylation is 1. The maximum absolute atomic E-state index is 13.5. The summed E-state index contributed by atoms with van der Waals surface area (Å²) in [5.41, 5.74) is 4.70. The van der Waals surface area contributed by atoms with E-state index in [-0.39, 0.29) is 10.5 Å². The Morgan fingerprint density at radius 1 is 1.06 bits per heavy atom. The second-order valence-electron chi connectivity index (χ2n) is 8.73. The summed E-state index contributed by atoms with van der Waals surface area (Å²) in [4.78, 5) is 15.3. The first-order valence-corrected chi connectivity index (χ1v) is 12.8. The molecule has 0 saturated heterocycles. The van der Waals surface area contributed by atoms with E-state index >= 15 is 0 Å². The number of benzene rings is 3. The Bertz CT molecular complexity index is 1400. The number of sulfonamides is 1. The molecular weight excluding hydrogens is 450 g/mol. The minimum Gasteiger partial charge on any atom is -0.454 e. The molecule has 1 N–H and O–H groups in total. The van der Waals surface area contributed by atoms with Gasteiger partial charge >= 0.3 is 0 Å². The van der Waals surface area contributed by atoms with Crippen molar-refractivity contribution < 1.29 is 17.9 Å². The average Bonchev–Trinajstić information content (AvgIpc) is 2.97. The van der Waals surface area contributed by atoms with Crippen molar-refractivity contribution in [2.45, 2.75) is 31.7 Å². The molecule has 2 aliphatic rings. The standard InChI is InChI=1S/C26H27N3O4S/c1-4-28(3)34(31,32)25-14-20-24(33-23-10-9-17(2)13-21(23)27-26(20)30)15-22(25)29-12-11-18-7-5-6-8-19(18)16-29/h5-10,13-15H,4,11-12,16H2,1-3H3,(H,27,30). The minimum atomic E-state index is -3.83. The molecule has 0 spiro atoms. The molecular formula is C26H27N3O4S. The van der Waals surface area contributed by atoms with E-state index in [1.165, 1.54) is 15.9 Å². The lowest BCUT2D eigenvalue weighted by Crippen LogP contribution is -2.34. The highest BCUT2D eigenvalue weighted by Crippen LogP contribution is 2.42. The molecule has 0 aliphatic carbocycles. The highest BCUT2D eigenvalue weighted by molar-refractivity contribution is 7.89. The normalized spacial score (nSPS) is 15.1. The van der Waals surface area contributed by atoms with Crippen LogP contribution in [0.3, 0.4) is 0 Å². The zero-order valence-corrected chi connectivity index (χ0v) is 20.3. The van der Waals surface area contributed by atoms with Gasteiger partial charge in [0.1, 0.15) is 10.6 Å². The Morgan fingerprint density at radius 3 is 2.59 bits per heavy atom. The minimum absolute atomic E-state index is 0.107. The molecule has 0 radical (unpaired) electrons. The fourth-order valence-electron chi connectivity index (χ4n) is 4.44. The first-order valence-electron chi connectivity index (χ1n) is 11.3. The average molecular weight is 478 g/mol. The Kier molecular flexibility index (Phi) is 5.58. The summed E-state index contributed by atoms with van der Waals surface area (Å²) >= 11 is 0. The van der Waals surface area contributed by atoms with Crippen molar-refractivity contribution in [2.75, 3.05) is 30.4 Å². The van der Waals surface area contributed by atoms with Crippen LogP contribution in [0.5, 0.6) is 11.5 Å². The predicted molar refractivity (Wildman–Crippen MR) is 132 cm³/mol. The van der Waals surface area contributed by atoms with Gasteiger partial charge in [0.05, 0.1) is 16.9 Å². The topological polar surface area (TPSA) is 79.0 Å². The molecule has 3 aromatic carbocycles. The SMILES string of the molecule is CCN(C)S(=O)(=O)c1cc2c(cc1N1CCc3ccccc3C1)Oc1ccc(C)cc1NC2=O. The van der Waals surface area contributed by atoms with Gasteiger partial charge in [-0.1, -0.05) is 37.3 Å². The fraction of sp³-hybridized carbons (Fsp3) is 0.269. The Hall–Kier alpha value is -3.36. The van der Waals surface area contributed by atoms with Crippen LogP contribution in [-0.2, 0) is 23.0 Å². The predicted octanol–water partition coefficient (Wildman–Crippen LogP) is 4.56. The summed E-state index contributed by atoms with van der Waals surface area (Å²) in [7, 11) is -2.29. The maximum Gasteiger partial charge on any atom is 0.259 e. The molecule has 2 aliphatic heterocycles. The fourth-order valence-corrected chi connectivity index (χ4v) is 5.84. The van der Waals surface area contributed by atoms with Gasteiger partial charge < -0.3 is 15.0 Å². The van der Waals surface area contributed by atoms with Crippen molar-refractivity contribution in [1.29, 1.82) is 0 Å². The van der Waals surface area contributed by atoms with Gasteiger partial charge in [-0.3, -0.25) is 4.79 Å². The zero-order chi connectivity index (χ0) is 24.0. The molecule has 2 heterocycles. The highest BCUT2D eigenvalue weighted by atomic mass is 32.2. The van der Waals surface area contributed by atoms with Gasteiger partial charge in [-0.15, -0.1) is 0 Å². The van der Waals surface area contributed by atoms with Crippen LogP contribution >= 0.6 is 0 Å². The maximum atomic E-state index is 13.5. The van der Waals surface area contributed by atoms with E-state index in [2.05, 4.69) is 22.3 Å². The van der Waals surface area contributed by atoms with Crippen LogP contribution in [0.4, 0.5) is 11.4 Å². The smallest absolute Gasteiger partial charge is 0.259 e. The molecule has 0 saturated carbocycles. The van der Waals surface area contributed by atoms with Gasteiger partial charge in [0.2, 0.25) is 10.0 Å². The van der Waals surface area contributed by atoms with Gasteiger partial charge in [-0.05, 0) is 48.2 Å². The van der Waals surface area contributed by atoms with Crippen LogP contribution in [-0.4, -0.2) is 38.8 Å². The van der Waals surface area contributed by atoms with Gasteiger partial charge in [-0.25, -0.2) is 12.7 Å². The highest BCUT2D eigenvalue weighted by Gasteiger charge is 2.32. The van der Waals surface area contributed by atoms with E-state index in [0.29, 0.717) is 42.5 Å². The van der Waals surface area contributed by atoms with Crippen LogP contribution in [0.15, 0.2) is 59.5 Å². The number of amides is 1. The van der Waals surface area contributed by atoms with Crippen molar-refractivity contribution in [3.8, 4) is 11.5 Å². The number of rotatable bonds is 4. The number of nitrogens with one attached hydrogen (secondary N) is 1. The van der Waals surface area contributed by atoms with Crippen LogP contribution in [0, 0.1) is 6.92 Å². The zero-order valence-electron chi connectivity index (χ0n) is 19.5. The molecule has 0 bridgehead atoms. The first kappa shape index (κ1) is 22.4. The number of nitrogens with zero attached hydrogens (tertiary/aromatic N) is 2.